The molecule has 2 aromatic carbocycles. The topological polar surface area (TPSA) is 101 Å². The lowest BCUT2D eigenvalue weighted by atomic mass is 9.72. The van der Waals surface area contributed by atoms with Crippen molar-refractivity contribution < 1.29 is 34.0 Å². The number of benzene rings is 2. The monoisotopic (exact) mass is 364 g/mol. The van der Waals surface area contributed by atoms with E-state index in [0.717, 1.165) is 5.56 Å². The van der Waals surface area contributed by atoms with Crippen LogP contribution in [0.4, 0.5) is 0 Å². The number of ether oxygens (including phenoxy) is 4. The number of ketones is 1. The third-order valence-electron chi connectivity index (χ3n) is 6.87. The number of epoxide rings is 2. The molecule has 8 rings (SSSR count). The molecule has 0 saturated carbocycles. The second-order valence-electron chi connectivity index (χ2n) is 8.01. The van der Waals surface area contributed by atoms with E-state index >= 15 is 0 Å². The van der Waals surface area contributed by atoms with Crippen LogP contribution in [0.5, 0.6) is 11.5 Å². The second kappa shape index (κ2) is 3.62. The van der Waals surface area contributed by atoms with Gasteiger partial charge in [-0.3, -0.25) is 4.79 Å². The van der Waals surface area contributed by atoms with Gasteiger partial charge in [-0.25, -0.2) is 0 Å². The van der Waals surface area contributed by atoms with E-state index in [4.69, 9.17) is 18.9 Å². The van der Waals surface area contributed by atoms with Crippen molar-refractivity contribution in [2.24, 2.45) is 0 Å². The van der Waals surface area contributed by atoms with Crippen molar-refractivity contribution in [2.45, 2.75) is 41.9 Å². The van der Waals surface area contributed by atoms with Crippen LogP contribution in [0, 0.1) is 0 Å². The van der Waals surface area contributed by atoms with Crippen LogP contribution in [-0.2, 0) is 25.6 Å². The van der Waals surface area contributed by atoms with E-state index in [1.807, 2.05) is 6.07 Å². The van der Waals surface area contributed by atoms with Gasteiger partial charge in [-0.15, -0.1) is 0 Å². The first-order valence-corrected chi connectivity index (χ1v) is 9.00. The zero-order valence-electron chi connectivity index (χ0n) is 13.7. The van der Waals surface area contributed by atoms with Crippen LogP contribution in [0.25, 0.3) is 0 Å². The first kappa shape index (κ1) is 13.7. The molecule has 134 valence electrons. The molecule has 6 aliphatic rings. The van der Waals surface area contributed by atoms with Crippen molar-refractivity contribution >= 4 is 5.78 Å². The summed E-state index contributed by atoms with van der Waals surface area (Å²) in [5.41, 5.74) is 1.98. The van der Waals surface area contributed by atoms with Gasteiger partial charge in [-0.1, -0.05) is 18.2 Å². The number of aromatic hydroxyl groups is 1. The quantitative estimate of drug-likeness (QED) is 0.672. The van der Waals surface area contributed by atoms with Crippen molar-refractivity contribution in [3.05, 3.63) is 58.1 Å². The van der Waals surface area contributed by atoms with Crippen molar-refractivity contribution in [2.75, 3.05) is 0 Å². The molecule has 2 saturated heterocycles. The Hall–Kier alpha value is -2.45. The van der Waals surface area contributed by atoms with Gasteiger partial charge in [0.2, 0.25) is 0 Å². The molecule has 4 aliphatic heterocycles. The van der Waals surface area contributed by atoms with Crippen LogP contribution < -0.4 is 4.74 Å². The number of hydrogen-bond donors (Lipinski definition) is 2. The first-order valence-electron chi connectivity index (χ1n) is 9.00. The highest BCUT2D eigenvalue weighted by molar-refractivity contribution is 6.06. The van der Waals surface area contributed by atoms with Gasteiger partial charge in [0, 0.05) is 27.8 Å². The van der Waals surface area contributed by atoms with Crippen LogP contribution in [0.15, 0.2) is 30.3 Å². The molecule has 7 heteroatoms. The van der Waals surface area contributed by atoms with Gasteiger partial charge in [0.25, 0.3) is 5.79 Å². The molecule has 2 aliphatic carbocycles. The van der Waals surface area contributed by atoms with Crippen molar-refractivity contribution in [1.29, 1.82) is 0 Å². The minimum absolute atomic E-state index is 0.0184. The average molecular weight is 364 g/mol. The van der Waals surface area contributed by atoms with E-state index < -0.39 is 41.9 Å². The highest BCUT2D eigenvalue weighted by Crippen LogP contribution is 2.71. The zero-order chi connectivity index (χ0) is 17.9. The number of carbonyl (C=O) groups is 1. The van der Waals surface area contributed by atoms with Crippen molar-refractivity contribution in [3.63, 3.8) is 0 Å². The predicted molar refractivity (Wildman–Crippen MR) is 85.3 cm³/mol. The lowest BCUT2D eigenvalue weighted by Crippen LogP contribution is -2.52. The molecular weight excluding hydrogens is 352 g/mol. The van der Waals surface area contributed by atoms with E-state index in [2.05, 4.69) is 0 Å². The second-order valence-corrected chi connectivity index (χ2v) is 8.01. The van der Waals surface area contributed by atoms with Gasteiger partial charge in [-0.05, 0) is 12.1 Å². The molecule has 2 spiro atoms. The normalized spacial score (nSPS) is 45.2. The summed E-state index contributed by atoms with van der Waals surface area (Å²) >= 11 is 0. The molecule has 2 bridgehead atoms. The Balaban J connectivity index is 1.57. The molecule has 27 heavy (non-hydrogen) atoms. The Morgan fingerprint density at radius 2 is 1.93 bits per heavy atom. The molecule has 2 aromatic rings. The Kier molecular flexibility index (Phi) is 1.83. The summed E-state index contributed by atoms with van der Waals surface area (Å²) in [5, 5.41) is 21.2. The summed E-state index contributed by atoms with van der Waals surface area (Å²) in [7, 11) is 0. The fourth-order valence-electron chi connectivity index (χ4n) is 5.78. The van der Waals surface area contributed by atoms with Gasteiger partial charge < -0.3 is 29.2 Å². The van der Waals surface area contributed by atoms with Gasteiger partial charge in [0.1, 0.15) is 29.8 Å². The predicted octanol–water partition coefficient (Wildman–Crippen LogP) is 0.989. The Bertz CT molecular complexity index is 1140. The van der Waals surface area contributed by atoms with Crippen LogP contribution in [0.1, 0.15) is 38.7 Å². The fourth-order valence-corrected chi connectivity index (χ4v) is 5.78. The summed E-state index contributed by atoms with van der Waals surface area (Å²) in [4.78, 5) is 12.7. The van der Waals surface area contributed by atoms with Crippen LogP contribution >= 0.6 is 0 Å². The SMILES string of the molecule is O=C1c2cccc3c2[C@]2(O[C@@]4(O3)c3c2ccc(O)c3C(O)C2O[C@H]24)[C@@H]2OC12. The van der Waals surface area contributed by atoms with Gasteiger partial charge in [-0.2, -0.15) is 0 Å². The van der Waals surface area contributed by atoms with E-state index in [1.54, 1.807) is 24.3 Å². The summed E-state index contributed by atoms with van der Waals surface area (Å²) < 4.78 is 24.5. The number of carbonyl (C=O) groups excluding carboxylic acids is 1. The molecule has 0 radical (unpaired) electrons. The lowest BCUT2D eigenvalue weighted by molar-refractivity contribution is -0.264. The van der Waals surface area contributed by atoms with E-state index in [0.29, 0.717) is 28.0 Å². The number of rotatable bonds is 0. The molecule has 0 aromatic heterocycles. The van der Waals surface area contributed by atoms with E-state index in [1.165, 1.54) is 0 Å². The minimum atomic E-state index is -1.25. The Labute approximate surface area is 152 Å². The minimum Gasteiger partial charge on any atom is -0.508 e. The fraction of sp³-hybridized carbons (Fsp3) is 0.350. The maximum absolute atomic E-state index is 12.7. The molecule has 2 fully saturated rings. The zero-order valence-corrected chi connectivity index (χ0v) is 13.7. The number of Topliss-reactive ketones (excluding diaryl/α,β-unsaturated/α-hetero) is 1. The van der Waals surface area contributed by atoms with Crippen LogP contribution in [-0.4, -0.2) is 40.4 Å². The summed E-state index contributed by atoms with van der Waals surface area (Å²) in [6.07, 6.45) is -2.94. The Morgan fingerprint density at radius 1 is 1.04 bits per heavy atom. The van der Waals surface area contributed by atoms with Crippen molar-refractivity contribution in [3.8, 4) is 11.5 Å². The number of aliphatic hydroxyl groups is 1. The molecule has 3 unspecified atom stereocenters. The number of fused-ring (bicyclic) bond motifs is 2. The first-order chi connectivity index (χ1) is 13.1. The number of phenols is 1. The maximum Gasteiger partial charge on any atom is 0.268 e. The molecule has 7 nitrogen and oxygen atoms in total. The Morgan fingerprint density at radius 3 is 2.81 bits per heavy atom. The van der Waals surface area contributed by atoms with E-state index in [9.17, 15) is 15.0 Å². The van der Waals surface area contributed by atoms with Gasteiger partial charge in [0.15, 0.2) is 23.6 Å². The molecule has 7 atom stereocenters. The highest BCUT2D eigenvalue weighted by Gasteiger charge is 2.80. The third kappa shape index (κ3) is 1.15. The highest BCUT2D eigenvalue weighted by atomic mass is 16.8. The molecule has 4 heterocycles. The van der Waals surface area contributed by atoms with Gasteiger partial charge >= 0.3 is 0 Å². The largest absolute Gasteiger partial charge is 0.508 e. The summed E-state index contributed by atoms with van der Waals surface area (Å²) in [6, 6.07) is 8.72. The van der Waals surface area contributed by atoms with Crippen molar-refractivity contribution in [1.82, 2.24) is 0 Å². The number of phenolic OH excluding ortho intramolecular Hbond substituents is 1. The molecule has 2 N–H and O–H groups in total. The lowest BCUT2D eigenvalue weighted by Gasteiger charge is -2.43. The molecular formula is C20H12O7. The smallest absolute Gasteiger partial charge is 0.268 e. The number of aliphatic hydroxyl groups excluding tert-OH is 1. The standard InChI is InChI=1S/C20H12O7/c21-8-5-4-7-12-10(8)14(23)16-18(25-16)20(12)26-9-3-1-2-6-11(9)19(7,27-20)17-15(24-17)13(6)22/h1-5,14-18,21,23H/t14?,15?,16?,17-,18-,19+,20+/m1/s1. The molecule has 0 amide bonds. The van der Waals surface area contributed by atoms with Crippen LogP contribution in [0.3, 0.4) is 0 Å². The van der Waals surface area contributed by atoms with E-state index in [-0.39, 0.29) is 11.5 Å². The van der Waals surface area contributed by atoms with Gasteiger partial charge in [0.05, 0.1) is 0 Å². The summed E-state index contributed by atoms with van der Waals surface area (Å²) in [5.74, 6) is -0.774. The van der Waals surface area contributed by atoms with Crippen LogP contribution in [0.2, 0.25) is 0 Å². The average Bonchev–Trinajstić information content (AvgIpc) is 3.56. The number of hydrogen-bond acceptors (Lipinski definition) is 7. The summed E-state index contributed by atoms with van der Waals surface area (Å²) in [6.45, 7) is 0. The maximum atomic E-state index is 12.7. The third-order valence-corrected chi connectivity index (χ3v) is 6.87.